The maximum absolute atomic E-state index is 14.8. The summed E-state index contributed by atoms with van der Waals surface area (Å²) in [7, 11) is 0. The molecular weight excluding hydrogens is 558 g/mol. The number of nitrogens with zero attached hydrogens (tertiary/aromatic N) is 3. The van der Waals surface area contributed by atoms with E-state index >= 15 is 0 Å². The maximum Gasteiger partial charge on any atom is 0.247 e. The van der Waals surface area contributed by atoms with Crippen molar-refractivity contribution in [2.24, 2.45) is 17.8 Å². The van der Waals surface area contributed by atoms with Gasteiger partial charge in [-0.15, -0.1) is 24.9 Å². The molecule has 4 fully saturated rings. The monoisotopic (exact) mass is 607 g/mol. The third-order valence-corrected chi connectivity index (χ3v) is 12.4. The number of fused-ring (bicyclic) bond motifs is 1. The summed E-state index contributed by atoms with van der Waals surface area (Å²) in [4.78, 5) is 49.6. The molecule has 3 amide bonds. The quantitative estimate of drug-likeness (QED) is 0.237. The Morgan fingerprint density at radius 2 is 1.77 bits per heavy atom. The summed E-state index contributed by atoms with van der Waals surface area (Å²) in [5.74, 6) is -0.858. The smallest absolute Gasteiger partial charge is 0.247 e. The first kappa shape index (κ1) is 31.8. The topological polar surface area (TPSA) is 81.2 Å². The molecule has 4 aliphatic rings. The van der Waals surface area contributed by atoms with Crippen molar-refractivity contribution in [3.63, 3.8) is 0 Å². The summed E-state index contributed by atoms with van der Waals surface area (Å²) in [6.07, 6.45) is 12.0. The summed E-state index contributed by atoms with van der Waals surface area (Å²) >= 11 is 1.76. The van der Waals surface area contributed by atoms with Crippen LogP contribution in [-0.2, 0) is 20.9 Å². The number of amides is 3. The Balaban J connectivity index is 1.50. The second-order valence-electron chi connectivity index (χ2n) is 12.9. The molecule has 8 heteroatoms. The number of benzene rings is 1. The van der Waals surface area contributed by atoms with Crippen molar-refractivity contribution in [1.82, 2.24) is 14.7 Å². The zero-order valence-electron chi connectivity index (χ0n) is 25.7. The summed E-state index contributed by atoms with van der Waals surface area (Å²) < 4.78 is -0.628. The zero-order chi connectivity index (χ0) is 30.6. The fourth-order valence-electron chi connectivity index (χ4n) is 8.40. The van der Waals surface area contributed by atoms with Crippen LogP contribution in [0.2, 0.25) is 0 Å². The molecule has 2 bridgehead atoms. The van der Waals surface area contributed by atoms with Gasteiger partial charge in [-0.1, -0.05) is 68.7 Å². The number of hydrogen-bond donors (Lipinski definition) is 1. The van der Waals surface area contributed by atoms with Crippen LogP contribution < -0.4 is 0 Å². The number of carbonyl (C=O) groups excluding carboxylic acids is 3. The number of aliphatic hydroxyl groups is 1. The Morgan fingerprint density at radius 3 is 2.44 bits per heavy atom. The van der Waals surface area contributed by atoms with E-state index in [4.69, 9.17) is 0 Å². The Hall–Kier alpha value is -2.58. The average molecular weight is 608 g/mol. The van der Waals surface area contributed by atoms with E-state index in [-0.39, 0.29) is 41.5 Å². The van der Waals surface area contributed by atoms with Crippen molar-refractivity contribution in [3.05, 3.63) is 61.2 Å². The fourth-order valence-corrected chi connectivity index (χ4v) is 10.8. The van der Waals surface area contributed by atoms with Crippen LogP contribution in [0.25, 0.3) is 0 Å². The van der Waals surface area contributed by atoms with Crippen molar-refractivity contribution < 1.29 is 19.5 Å². The lowest BCUT2D eigenvalue weighted by molar-refractivity contribution is -0.145. The second kappa shape index (κ2) is 14.0. The van der Waals surface area contributed by atoms with E-state index < -0.39 is 22.6 Å². The Morgan fingerprint density at radius 1 is 1.05 bits per heavy atom. The summed E-state index contributed by atoms with van der Waals surface area (Å²) in [6, 6.07) is 9.52. The molecular formula is C35H49N3O4S. The van der Waals surface area contributed by atoms with Crippen LogP contribution in [0.15, 0.2) is 55.6 Å². The van der Waals surface area contributed by atoms with Crippen molar-refractivity contribution >= 4 is 29.5 Å². The predicted molar refractivity (Wildman–Crippen MR) is 172 cm³/mol. The molecule has 3 aliphatic heterocycles. The fraction of sp³-hybridized carbons (Fsp3) is 0.629. The molecule has 7 nitrogen and oxygen atoms in total. The highest BCUT2D eigenvalue weighted by Gasteiger charge is 2.76. The molecule has 0 aromatic heterocycles. The lowest BCUT2D eigenvalue weighted by Gasteiger charge is -2.43. The highest BCUT2D eigenvalue weighted by atomic mass is 32.2. The number of thioether (sulfide) groups is 1. The molecule has 0 radical (unpaired) electrons. The van der Waals surface area contributed by atoms with E-state index in [0.29, 0.717) is 32.6 Å². The third kappa shape index (κ3) is 5.94. The van der Waals surface area contributed by atoms with Gasteiger partial charge in [0.2, 0.25) is 17.7 Å². The number of hydrogen-bond acceptors (Lipinski definition) is 5. The Kier molecular flexibility index (Phi) is 10.4. The minimum atomic E-state index is -0.628. The average Bonchev–Trinajstić information content (AvgIpc) is 3.61. The minimum Gasteiger partial charge on any atom is -0.396 e. The van der Waals surface area contributed by atoms with E-state index in [9.17, 15) is 19.5 Å². The Bertz CT molecular complexity index is 1170. The molecule has 1 aromatic rings. The number of carbonyl (C=O) groups is 3. The molecule has 5 rings (SSSR count). The molecule has 1 aliphatic carbocycles. The van der Waals surface area contributed by atoms with Gasteiger partial charge in [-0.25, -0.2) is 0 Å². The molecule has 1 N–H and O–H groups in total. The van der Waals surface area contributed by atoms with Crippen LogP contribution >= 0.6 is 11.8 Å². The van der Waals surface area contributed by atoms with Gasteiger partial charge >= 0.3 is 0 Å². The third-order valence-electron chi connectivity index (χ3n) is 10.3. The van der Waals surface area contributed by atoms with E-state index in [1.54, 1.807) is 17.8 Å². The van der Waals surface area contributed by atoms with Gasteiger partial charge in [0.05, 0.1) is 16.6 Å². The van der Waals surface area contributed by atoms with Crippen LogP contribution in [0.1, 0.15) is 70.3 Å². The molecule has 1 aromatic carbocycles. The first-order chi connectivity index (χ1) is 20.9. The van der Waals surface area contributed by atoms with Crippen molar-refractivity contribution in [1.29, 1.82) is 0 Å². The standard InChI is InChI=1S/C35H49N3O4S/c1-4-19-36(24-26-15-9-6-10-16-26)32(40)29-28-23-25(3)35(43-28)30(29)33(41)38(21-13-8-14-22-39)31(35)34(42)37(20-5-2)27-17-11-7-12-18-27/h4-6,9-10,15-16,25,27-31,39H,1-2,7-8,11-14,17-24H2,3H3/t25?,28-,29+,30+,31?,35?/m1/s1. The number of unbranched alkanes of at least 4 members (excludes halogenated alkanes) is 2. The van der Waals surface area contributed by atoms with Crippen LogP contribution in [0.4, 0.5) is 0 Å². The van der Waals surface area contributed by atoms with Gasteiger partial charge in [0, 0.05) is 44.1 Å². The van der Waals surface area contributed by atoms with Gasteiger partial charge in [-0.2, -0.15) is 0 Å². The maximum atomic E-state index is 14.8. The molecule has 234 valence electrons. The summed E-state index contributed by atoms with van der Waals surface area (Å²) in [5.41, 5.74) is 1.04. The number of likely N-dealkylation sites (tertiary alicyclic amines) is 1. The first-order valence-electron chi connectivity index (χ1n) is 16.3. The SMILES string of the molecule is C=CCN(Cc1ccccc1)C(=O)[C@@H]1[C@H]2C(=O)N(CCCCCO)C(C(=O)N(CC=C)C3CCCCC3)C23S[C@@H]1CC3C. The van der Waals surface area contributed by atoms with Crippen LogP contribution in [0.5, 0.6) is 0 Å². The second-order valence-corrected chi connectivity index (χ2v) is 14.5. The van der Waals surface area contributed by atoms with Gasteiger partial charge in [0.1, 0.15) is 6.04 Å². The van der Waals surface area contributed by atoms with Gasteiger partial charge in [0.15, 0.2) is 0 Å². The van der Waals surface area contributed by atoms with Crippen LogP contribution in [0.3, 0.4) is 0 Å². The molecule has 1 saturated carbocycles. The van der Waals surface area contributed by atoms with Gasteiger partial charge in [-0.3, -0.25) is 14.4 Å². The van der Waals surface area contributed by atoms with Crippen molar-refractivity contribution in [2.45, 2.75) is 93.3 Å². The summed E-state index contributed by atoms with van der Waals surface area (Å²) in [5, 5.41) is 9.38. The largest absolute Gasteiger partial charge is 0.396 e. The molecule has 6 atom stereocenters. The first-order valence-corrected chi connectivity index (χ1v) is 17.2. The zero-order valence-corrected chi connectivity index (χ0v) is 26.6. The molecule has 1 spiro atoms. The normalized spacial score (nSPS) is 29.9. The van der Waals surface area contributed by atoms with E-state index in [1.807, 2.05) is 51.1 Å². The minimum absolute atomic E-state index is 0.00284. The van der Waals surface area contributed by atoms with Crippen molar-refractivity contribution in [3.8, 4) is 0 Å². The molecule has 3 saturated heterocycles. The number of rotatable bonds is 14. The van der Waals surface area contributed by atoms with Crippen molar-refractivity contribution in [2.75, 3.05) is 26.2 Å². The molecule has 3 heterocycles. The van der Waals surface area contributed by atoms with Gasteiger partial charge in [0.25, 0.3) is 0 Å². The van der Waals surface area contributed by atoms with Gasteiger partial charge < -0.3 is 19.8 Å². The highest BCUT2D eigenvalue weighted by Crippen LogP contribution is 2.69. The highest BCUT2D eigenvalue weighted by molar-refractivity contribution is 8.02. The predicted octanol–water partition coefficient (Wildman–Crippen LogP) is 5.05. The van der Waals surface area contributed by atoms with Crippen LogP contribution in [-0.4, -0.2) is 85.8 Å². The number of aliphatic hydroxyl groups excluding tert-OH is 1. The van der Waals surface area contributed by atoms with E-state index in [0.717, 1.165) is 50.5 Å². The lowest BCUT2D eigenvalue weighted by atomic mass is 9.65. The van der Waals surface area contributed by atoms with Crippen LogP contribution in [0, 0.1) is 17.8 Å². The molecule has 43 heavy (non-hydrogen) atoms. The summed E-state index contributed by atoms with van der Waals surface area (Å²) in [6.45, 7) is 12.0. The van der Waals surface area contributed by atoms with E-state index in [1.165, 1.54) is 6.42 Å². The Labute approximate surface area is 261 Å². The van der Waals surface area contributed by atoms with Gasteiger partial charge in [-0.05, 0) is 50.0 Å². The molecule has 3 unspecified atom stereocenters. The lowest BCUT2D eigenvalue weighted by Crippen LogP contribution is -2.59. The van der Waals surface area contributed by atoms with E-state index in [2.05, 4.69) is 20.1 Å².